The zero-order valence-corrected chi connectivity index (χ0v) is 16.4. The number of thiophene rings is 1. The molecule has 0 fully saturated rings. The summed E-state index contributed by atoms with van der Waals surface area (Å²) in [5.41, 5.74) is 6.60. The molecule has 1 nitrogen and oxygen atoms in total. The third-order valence-electron chi connectivity index (χ3n) is 5.40. The number of nitrogens with zero attached hydrogens (tertiary/aromatic N) is 1. The minimum Gasteiger partial charge on any atom is -0.251 e. The summed E-state index contributed by atoms with van der Waals surface area (Å²) in [4.78, 5) is 8.04. The lowest BCUT2D eigenvalue weighted by atomic mass is 9.89. The van der Waals surface area contributed by atoms with Crippen molar-refractivity contribution in [3.63, 3.8) is 0 Å². The van der Waals surface area contributed by atoms with Crippen molar-refractivity contribution in [3.8, 4) is 0 Å². The van der Waals surface area contributed by atoms with Crippen molar-refractivity contribution in [2.24, 2.45) is 10.9 Å². The molecule has 2 heterocycles. The normalized spacial score (nSPS) is 21.7. The fourth-order valence-electron chi connectivity index (χ4n) is 4.14. The van der Waals surface area contributed by atoms with E-state index in [1.165, 1.54) is 45.0 Å². The summed E-state index contributed by atoms with van der Waals surface area (Å²) in [6.07, 6.45) is 3.60. The predicted octanol–water partition coefficient (Wildman–Crippen LogP) is 6.98. The van der Waals surface area contributed by atoms with Crippen LogP contribution >= 0.6 is 23.1 Å². The standard InChI is InChI=1S/C23H21NS2/c1-15-11-12-16-6-4-7-17-22(18(16)14-15)24-19-8-2-3-9-20(19)26-23(17)21-10-5-13-25-21/h2-3,5,8-14,17,23H,4,6-7H2,1H3. The highest BCUT2D eigenvalue weighted by atomic mass is 32.2. The summed E-state index contributed by atoms with van der Waals surface area (Å²) in [6.45, 7) is 2.19. The van der Waals surface area contributed by atoms with Gasteiger partial charge in [0.2, 0.25) is 0 Å². The topological polar surface area (TPSA) is 12.4 Å². The molecule has 2 unspecified atom stereocenters. The van der Waals surface area contributed by atoms with Gasteiger partial charge in [-0.1, -0.05) is 35.9 Å². The SMILES string of the molecule is Cc1ccc2c(c1)C1=Nc3ccccc3SC(c3cccs3)C1CCC2. The molecule has 0 saturated heterocycles. The number of fused-ring (bicyclic) bond motifs is 4. The van der Waals surface area contributed by atoms with Crippen LogP contribution in [0.3, 0.4) is 0 Å². The van der Waals surface area contributed by atoms with E-state index >= 15 is 0 Å². The van der Waals surface area contributed by atoms with Gasteiger partial charge < -0.3 is 0 Å². The number of rotatable bonds is 1. The zero-order valence-electron chi connectivity index (χ0n) is 14.8. The van der Waals surface area contributed by atoms with Crippen LogP contribution in [0.2, 0.25) is 0 Å². The molecule has 1 aliphatic heterocycles. The van der Waals surface area contributed by atoms with Gasteiger partial charge in [0, 0.05) is 15.7 Å². The Morgan fingerprint density at radius 3 is 2.85 bits per heavy atom. The van der Waals surface area contributed by atoms with Crippen molar-refractivity contribution < 1.29 is 0 Å². The van der Waals surface area contributed by atoms with Gasteiger partial charge in [-0.05, 0) is 67.0 Å². The third kappa shape index (κ3) is 2.83. The molecule has 0 bridgehead atoms. The van der Waals surface area contributed by atoms with E-state index in [1.807, 2.05) is 23.1 Å². The van der Waals surface area contributed by atoms with Crippen molar-refractivity contribution >= 4 is 34.5 Å². The Morgan fingerprint density at radius 2 is 1.96 bits per heavy atom. The molecule has 1 aliphatic carbocycles. The van der Waals surface area contributed by atoms with Gasteiger partial charge in [0.05, 0.1) is 16.6 Å². The smallest absolute Gasteiger partial charge is 0.0769 e. The summed E-state index contributed by atoms with van der Waals surface area (Å²) in [5, 5.41) is 2.65. The molecule has 0 amide bonds. The van der Waals surface area contributed by atoms with E-state index in [2.05, 4.69) is 66.9 Å². The third-order valence-corrected chi connectivity index (χ3v) is 7.94. The molecular weight excluding hydrogens is 354 g/mol. The first-order chi connectivity index (χ1) is 12.8. The number of hydrogen-bond donors (Lipinski definition) is 0. The molecule has 0 saturated carbocycles. The molecule has 3 heteroatoms. The monoisotopic (exact) mass is 375 g/mol. The van der Waals surface area contributed by atoms with E-state index in [9.17, 15) is 0 Å². The Bertz CT molecular complexity index is 972. The molecule has 2 aliphatic rings. The largest absolute Gasteiger partial charge is 0.251 e. The first kappa shape index (κ1) is 16.3. The van der Waals surface area contributed by atoms with Crippen molar-refractivity contribution in [2.45, 2.75) is 36.3 Å². The van der Waals surface area contributed by atoms with Crippen LogP contribution in [-0.2, 0) is 6.42 Å². The maximum atomic E-state index is 5.26. The molecule has 0 N–H and O–H groups in total. The highest BCUT2D eigenvalue weighted by molar-refractivity contribution is 7.99. The lowest BCUT2D eigenvalue weighted by Crippen LogP contribution is -2.20. The van der Waals surface area contributed by atoms with E-state index in [1.54, 1.807) is 0 Å². The van der Waals surface area contributed by atoms with Gasteiger partial charge in [-0.3, -0.25) is 4.99 Å². The summed E-state index contributed by atoms with van der Waals surface area (Å²) >= 11 is 3.89. The Hall–Kier alpha value is -1.84. The number of benzene rings is 2. The van der Waals surface area contributed by atoms with Gasteiger partial charge in [0.1, 0.15) is 0 Å². The van der Waals surface area contributed by atoms with Gasteiger partial charge in [-0.15, -0.1) is 23.1 Å². The second kappa shape index (κ2) is 6.71. The van der Waals surface area contributed by atoms with Gasteiger partial charge in [-0.2, -0.15) is 0 Å². The van der Waals surface area contributed by atoms with Crippen LogP contribution in [-0.4, -0.2) is 5.71 Å². The molecule has 26 heavy (non-hydrogen) atoms. The summed E-state index contributed by atoms with van der Waals surface area (Å²) in [6, 6.07) is 20.1. The summed E-state index contributed by atoms with van der Waals surface area (Å²) in [5.74, 6) is 0.467. The molecule has 5 rings (SSSR count). The number of hydrogen-bond acceptors (Lipinski definition) is 3. The van der Waals surface area contributed by atoms with Crippen molar-refractivity contribution in [2.75, 3.05) is 0 Å². The molecule has 2 atom stereocenters. The van der Waals surface area contributed by atoms with Crippen molar-refractivity contribution in [1.82, 2.24) is 0 Å². The molecule has 1 aromatic heterocycles. The second-order valence-corrected chi connectivity index (χ2v) is 9.34. The molecule has 3 aromatic rings. The summed E-state index contributed by atoms with van der Waals surface area (Å²) < 4.78 is 0. The number of aryl methyl sites for hydroxylation is 2. The van der Waals surface area contributed by atoms with E-state index in [4.69, 9.17) is 4.99 Å². The minimum absolute atomic E-state index is 0.448. The Morgan fingerprint density at radius 1 is 1.04 bits per heavy atom. The van der Waals surface area contributed by atoms with Crippen LogP contribution in [0.15, 0.2) is 69.9 Å². The maximum Gasteiger partial charge on any atom is 0.0769 e. The second-order valence-electron chi connectivity index (χ2n) is 7.18. The molecule has 0 radical (unpaired) electrons. The quantitative estimate of drug-likeness (QED) is 0.447. The first-order valence-electron chi connectivity index (χ1n) is 9.27. The van der Waals surface area contributed by atoms with Crippen LogP contribution in [0.25, 0.3) is 0 Å². The van der Waals surface area contributed by atoms with Gasteiger partial charge in [0.15, 0.2) is 0 Å². The first-order valence-corrected chi connectivity index (χ1v) is 11.0. The molecule has 0 spiro atoms. The van der Waals surface area contributed by atoms with Gasteiger partial charge in [-0.25, -0.2) is 0 Å². The van der Waals surface area contributed by atoms with E-state index in [0.717, 1.165) is 12.1 Å². The lowest BCUT2D eigenvalue weighted by Gasteiger charge is -2.25. The fourth-order valence-corrected chi connectivity index (χ4v) is 6.51. The fraction of sp³-hybridized carbons (Fsp3) is 0.261. The lowest BCUT2D eigenvalue weighted by molar-refractivity contribution is 0.594. The van der Waals surface area contributed by atoms with Crippen LogP contribution in [0.4, 0.5) is 5.69 Å². The minimum atomic E-state index is 0.448. The van der Waals surface area contributed by atoms with Crippen LogP contribution < -0.4 is 0 Å². The molecule has 130 valence electrons. The Labute approximate surface area is 163 Å². The summed E-state index contributed by atoms with van der Waals surface area (Å²) in [7, 11) is 0. The average molecular weight is 376 g/mol. The maximum absolute atomic E-state index is 5.26. The van der Waals surface area contributed by atoms with Gasteiger partial charge in [0.25, 0.3) is 0 Å². The molecular formula is C23H21NS2. The highest BCUT2D eigenvalue weighted by Crippen LogP contribution is 2.51. The Balaban J connectivity index is 1.75. The van der Waals surface area contributed by atoms with Gasteiger partial charge >= 0.3 is 0 Å². The van der Waals surface area contributed by atoms with Crippen LogP contribution in [0.1, 0.15) is 39.7 Å². The number of para-hydroxylation sites is 1. The zero-order chi connectivity index (χ0) is 17.5. The number of aliphatic imine (C=N–C) groups is 1. The van der Waals surface area contributed by atoms with Crippen molar-refractivity contribution in [3.05, 3.63) is 81.5 Å². The average Bonchev–Trinajstić information content (AvgIpc) is 3.06. The number of thioether (sulfide) groups is 1. The predicted molar refractivity (Wildman–Crippen MR) is 113 cm³/mol. The van der Waals surface area contributed by atoms with E-state index < -0.39 is 0 Å². The Kier molecular flexibility index (Phi) is 4.22. The van der Waals surface area contributed by atoms with E-state index in [0.29, 0.717) is 11.2 Å². The highest BCUT2D eigenvalue weighted by Gasteiger charge is 2.35. The van der Waals surface area contributed by atoms with Crippen LogP contribution in [0.5, 0.6) is 0 Å². The molecule has 2 aromatic carbocycles. The van der Waals surface area contributed by atoms with Crippen molar-refractivity contribution in [1.29, 1.82) is 0 Å². The van der Waals surface area contributed by atoms with E-state index in [-0.39, 0.29) is 0 Å². The van der Waals surface area contributed by atoms with Crippen LogP contribution in [0, 0.1) is 12.8 Å².